The Labute approximate surface area is 106 Å². The molecule has 1 unspecified atom stereocenters. The van der Waals surface area contributed by atoms with Crippen LogP contribution in [0.4, 0.5) is 0 Å². The van der Waals surface area contributed by atoms with Gasteiger partial charge in [-0.25, -0.2) is 0 Å². The van der Waals surface area contributed by atoms with Gasteiger partial charge in [0.25, 0.3) is 0 Å². The fourth-order valence-electron chi connectivity index (χ4n) is 2.02. The highest BCUT2D eigenvalue weighted by Gasteiger charge is 2.38. The van der Waals surface area contributed by atoms with E-state index in [-0.39, 0.29) is 12.4 Å². The molecule has 1 aromatic carbocycles. The summed E-state index contributed by atoms with van der Waals surface area (Å²) in [6, 6.07) is 5.04. The third-order valence-electron chi connectivity index (χ3n) is 3.15. The van der Waals surface area contributed by atoms with Crippen molar-refractivity contribution in [1.82, 2.24) is 0 Å². The SMILES string of the molecule is COc1ccc(C(=O)C2(N)CCOC2)cc1OC. The Morgan fingerprint density at radius 2 is 2.06 bits per heavy atom. The van der Waals surface area contributed by atoms with Crippen molar-refractivity contribution in [3.05, 3.63) is 23.8 Å². The van der Waals surface area contributed by atoms with E-state index in [1.54, 1.807) is 25.3 Å². The Morgan fingerprint density at radius 3 is 2.61 bits per heavy atom. The molecule has 0 aliphatic carbocycles. The minimum absolute atomic E-state index is 0.124. The third-order valence-corrected chi connectivity index (χ3v) is 3.15. The van der Waals surface area contributed by atoms with Crippen LogP contribution in [0.25, 0.3) is 0 Å². The van der Waals surface area contributed by atoms with Gasteiger partial charge in [-0.1, -0.05) is 0 Å². The lowest BCUT2D eigenvalue weighted by Crippen LogP contribution is -2.48. The monoisotopic (exact) mass is 251 g/mol. The molecule has 1 atom stereocenters. The Hall–Kier alpha value is -1.59. The number of ketones is 1. The maximum atomic E-state index is 12.3. The fraction of sp³-hybridized carbons (Fsp3) is 0.462. The average molecular weight is 251 g/mol. The molecule has 98 valence electrons. The van der Waals surface area contributed by atoms with Gasteiger partial charge in [0, 0.05) is 12.2 Å². The maximum absolute atomic E-state index is 12.3. The molecule has 5 nitrogen and oxygen atoms in total. The van der Waals surface area contributed by atoms with E-state index in [0.717, 1.165) is 0 Å². The third kappa shape index (κ3) is 2.19. The van der Waals surface area contributed by atoms with Crippen molar-refractivity contribution in [2.45, 2.75) is 12.0 Å². The van der Waals surface area contributed by atoms with Crippen LogP contribution >= 0.6 is 0 Å². The van der Waals surface area contributed by atoms with E-state index >= 15 is 0 Å². The predicted molar refractivity (Wildman–Crippen MR) is 66.2 cm³/mol. The summed E-state index contributed by atoms with van der Waals surface area (Å²) in [5.74, 6) is 0.981. The van der Waals surface area contributed by atoms with Crippen LogP contribution in [0.1, 0.15) is 16.8 Å². The van der Waals surface area contributed by atoms with Crippen LogP contribution in [-0.4, -0.2) is 38.8 Å². The van der Waals surface area contributed by atoms with Gasteiger partial charge in [0.05, 0.1) is 20.8 Å². The molecule has 1 aliphatic rings. The molecular formula is C13H17NO4. The number of rotatable bonds is 4. The van der Waals surface area contributed by atoms with E-state index in [1.165, 1.54) is 7.11 Å². The minimum atomic E-state index is -0.917. The van der Waals surface area contributed by atoms with Gasteiger partial charge in [0.15, 0.2) is 17.3 Å². The number of carbonyl (C=O) groups excluding carboxylic acids is 1. The summed E-state index contributed by atoms with van der Waals surface area (Å²) in [5.41, 5.74) is 5.65. The summed E-state index contributed by atoms with van der Waals surface area (Å²) >= 11 is 0. The molecule has 1 aliphatic heterocycles. The molecular weight excluding hydrogens is 234 g/mol. The van der Waals surface area contributed by atoms with Crippen LogP contribution in [0, 0.1) is 0 Å². The number of benzene rings is 1. The number of carbonyl (C=O) groups is 1. The summed E-state index contributed by atoms with van der Waals surface area (Å²) in [6.45, 7) is 0.787. The molecule has 0 aromatic heterocycles. The van der Waals surface area contributed by atoms with Crippen LogP contribution in [0.15, 0.2) is 18.2 Å². The second-order valence-electron chi connectivity index (χ2n) is 4.36. The molecule has 2 N–H and O–H groups in total. The zero-order chi connectivity index (χ0) is 13.2. The van der Waals surface area contributed by atoms with E-state index in [2.05, 4.69) is 0 Å². The molecule has 18 heavy (non-hydrogen) atoms. The second kappa shape index (κ2) is 4.96. The van der Waals surface area contributed by atoms with E-state index in [9.17, 15) is 4.79 Å². The van der Waals surface area contributed by atoms with Crippen molar-refractivity contribution in [1.29, 1.82) is 0 Å². The van der Waals surface area contributed by atoms with Crippen LogP contribution in [-0.2, 0) is 4.74 Å². The normalized spacial score (nSPS) is 22.8. The lowest BCUT2D eigenvalue weighted by Gasteiger charge is -2.20. The molecule has 1 fully saturated rings. The molecule has 1 aromatic rings. The largest absolute Gasteiger partial charge is 0.493 e. The number of methoxy groups -OCH3 is 2. The first-order valence-corrected chi connectivity index (χ1v) is 5.74. The number of hydrogen-bond acceptors (Lipinski definition) is 5. The van der Waals surface area contributed by atoms with E-state index in [1.807, 2.05) is 0 Å². The lowest BCUT2D eigenvalue weighted by molar-refractivity contribution is 0.0862. The summed E-state index contributed by atoms with van der Waals surface area (Å²) in [6.07, 6.45) is 0.542. The molecule has 0 bridgehead atoms. The minimum Gasteiger partial charge on any atom is -0.493 e. The first-order chi connectivity index (χ1) is 8.60. The van der Waals surface area contributed by atoms with E-state index < -0.39 is 5.54 Å². The molecule has 0 saturated carbocycles. The van der Waals surface area contributed by atoms with Gasteiger partial charge in [-0.2, -0.15) is 0 Å². The fourth-order valence-corrected chi connectivity index (χ4v) is 2.02. The van der Waals surface area contributed by atoms with Gasteiger partial charge in [0.1, 0.15) is 5.54 Å². The van der Waals surface area contributed by atoms with E-state index in [0.29, 0.717) is 30.1 Å². The van der Waals surface area contributed by atoms with E-state index in [4.69, 9.17) is 19.9 Å². The smallest absolute Gasteiger partial charge is 0.185 e. The summed E-state index contributed by atoms with van der Waals surface area (Å²) in [7, 11) is 3.08. The first kappa shape index (κ1) is 12.9. The molecule has 0 radical (unpaired) electrons. The van der Waals surface area contributed by atoms with Gasteiger partial charge < -0.3 is 19.9 Å². The highest BCUT2D eigenvalue weighted by molar-refractivity contribution is 6.03. The first-order valence-electron chi connectivity index (χ1n) is 5.74. The van der Waals surface area contributed by atoms with Gasteiger partial charge in [0.2, 0.25) is 0 Å². The molecule has 0 amide bonds. The average Bonchev–Trinajstić information content (AvgIpc) is 2.85. The topological polar surface area (TPSA) is 70.8 Å². The zero-order valence-corrected chi connectivity index (χ0v) is 10.6. The van der Waals surface area contributed by atoms with Gasteiger partial charge in [-0.15, -0.1) is 0 Å². The predicted octanol–water partition coefficient (Wildman–Crippen LogP) is 1.00. The van der Waals surface area contributed by atoms with Crippen LogP contribution in [0.5, 0.6) is 11.5 Å². The standard InChI is InChI=1S/C13H17NO4/c1-16-10-4-3-9(7-11(10)17-2)12(15)13(14)5-6-18-8-13/h3-4,7H,5-6,8,14H2,1-2H3. The number of ether oxygens (including phenoxy) is 3. The van der Waals surface area contributed by atoms with Gasteiger partial charge >= 0.3 is 0 Å². The molecule has 1 saturated heterocycles. The van der Waals surface area contributed by atoms with Crippen LogP contribution < -0.4 is 15.2 Å². The van der Waals surface area contributed by atoms with Crippen LogP contribution in [0.2, 0.25) is 0 Å². The number of hydrogen-bond donors (Lipinski definition) is 1. The van der Waals surface area contributed by atoms with Crippen molar-refractivity contribution < 1.29 is 19.0 Å². The Morgan fingerprint density at radius 1 is 1.33 bits per heavy atom. The maximum Gasteiger partial charge on any atom is 0.185 e. The van der Waals surface area contributed by atoms with Crippen molar-refractivity contribution in [3.8, 4) is 11.5 Å². The summed E-state index contributed by atoms with van der Waals surface area (Å²) in [4.78, 5) is 12.3. The number of Topliss-reactive ketones (excluding diaryl/α,β-unsaturated/α-hetero) is 1. The molecule has 1 heterocycles. The highest BCUT2D eigenvalue weighted by atomic mass is 16.5. The Balaban J connectivity index is 2.31. The molecule has 2 rings (SSSR count). The Bertz CT molecular complexity index is 452. The number of nitrogens with two attached hydrogens (primary N) is 1. The second-order valence-corrected chi connectivity index (χ2v) is 4.36. The summed E-state index contributed by atoms with van der Waals surface area (Å²) in [5, 5.41) is 0. The zero-order valence-electron chi connectivity index (χ0n) is 10.6. The van der Waals surface area contributed by atoms with Crippen LogP contribution in [0.3, 0.4) is 0 Å². The lowest BCUT2D eigenvalue weighted by atomic mass is 9.89. The van der Waals surface area contributed by atoms with Crippen molar-refractivity contribution in [2.75, 3.05) is 27.4 Å². The molecule has 5 heteroatoms. The van der Waals surface area contributed by atoms with Crippen molar-refractivity contribution in [2.24, 2.45) is 5.73 Å². The highest BCUT2D eigenvalue weighted by Crippen LogP contribution is 2.30. The van der Waals surface area contributed by atoms with Crippen molar-refractivity contribution in [3.63, 3.8) is 0 Å². The van der Waals surface area contributed by atoms with Gasteiger partial charge in [-0.3, -0.25) is 4.79 Å². The van der Waals surface area contributed by atoms with Crippen molar-refractivity contribution >= 4 is 5.78 Å². The molecule has 0 spiro atoms. The summed E-state index contributed by atoms with van der Waals surface area (Å²) < 4.78 is 15.5. The Kier molecular flexibility index (Phi) is 3.54. The quantitative estimate of drug-likeness (QED) is 0.808. The van der Waals surface area contributed by atoms with Gasteiger partial charge in [-0.05, 0) is 24.6 Å².